The largest absolute Gasteiger partial charge is 0.463 e. The van der Waals surface area contributed by atoms with Crippen LogP contribution >= 0.6 is 0 Å². The molecule has 96 valence electrons. The molecule has 0 atom stereocenters. The maximum Gasteiger partial charge on any atom is 0.332 e. The summed E-state index contributed by atoms with van der Waals surface area (Å²) in [6.45, 7) is 5.41. The van der Waals surface area contributed by atoms with Gasteiger partial charge < -0.3 is 10.1 Å². The van der Waals surface area contributed by atoms with Crippen LogP contribution in [0.25, 0.3) is 0 Å². The van der Waals surface area contributed by atoms with Gasteiger partial charge in [-0.2, -0.15) is 0 Å². The lowest BCUT2D eigenvalue weighted by molar-refractivity contribution is -0.137. The fraction of sp³-hybridized carbons (Fsp3) is 0.286. The summed E-state index contributed by atoms with van der Waals surface area (Å²) in [5.41, 5.74) is 2.16. The van der Waals surface area contributed by atoms with Crippen LogP contribution in [0.1, 0.15) is 31.1 Å². The molecule has 0 bridgehead atoms. The van der Waals surface area contributed by atoms with E-state index in [1.807, 2.05) is 0 Å². The van der Waals surface area contributed by atoms with Crippen molar-refractivity contribution in [3.63, 3.8) is 0 Å². The second-order valence-corrected chi connectivity index (χ2v) is 3.84. The molecule has 0 aliphatic heterocycles. The fourth-order valence-electron chi connectivity index (χ4n) is 1.41. The zero-order valence-electron chi connectivity index (χ0n) is 10.8. The highest BCUT2D eigenvalue weighted by Crippen LogP contribution is 2.12. The lowest BCUT2D eigenvalue weighted by Crippen LogP contribution is -2.04. The van der Waals surface area contributed by atoms with Crippen LogP contribution in [0.2, 0.25) is 0 Å². The number of rotatable bonds is 5. The Hall–Kier alpha value is -2.10. The van der Waals surface area contributed by atoms with E-state index in [0.29, 0.717) is 17.9 Å². The van der Waals surface area contributed by atoms with E-state index in [9.17, 15) is 9.59 Å². The van der Waals surface area contributed by atoms with Crippen LogP contribution in [0, 0.1) is 0 Å². The van der Waals surface area contributed by atoms with Crippen LogP contribution in [-0.4, -0.2) is 18.4 Å². The minimum Gasteiger partial charge on any atom is -0.463 e. The second-order valence-electron chi connectivity index (χ2n) is 3.84. The number of esters is 1. The normalized spacial score (nSPS) is 10.9. The zero-order valence-corrected chi connectivity index (χ0v) is 10.8. The molecule has 0 saturated carbocycles. The van der Waals surface area contributed by atoms with E-state index < -0.39 is 0 Å². The number of carbonyl (C=O) groups is 2. The van der Waals surface area contributed by atoms with Gasteiger partial charge in [-0.1, -0.05) is 0 Å². The van der Waals surface area contributed by atoms with Crippen molar-refractivity contribution in [2.24, 2.45) is 0 Å². The molecule has 0 spiro atoms. The van der Waals surface area contributed by atoms with Crippen molar-refractivity contribution >= 4 is 17.4 Å². The third-order valence-corrected chi connectivity index (χ3v) is 2.25. The molecule has 1 N–H and O–H groups in total. The Kier molecular flexibility index (Phi) is 5.11. The molecule has 0 heterocycles. The number of ketones is 1. The summed E-state index contributed by atoms with van der Waals surface area (Å²) in [6, 6.07) is 7.06. The first-order valence-electron chi connectivity index (χ1n) is 5.76. The van der Waals surface area contributed by atoms with Gasteiger partial charge in [-0.3, -0.25) is 4.79 Å². The van der Waals surface area contributed by atoms with Gasteiger partial charge in [0.25, 0.3) is 0 Å². The molecule has 0 amide bonds. The smallest absolute Gasteiger partial charge is 0.332 e. The molecular weight excluding hydrogens is 230 g/mol. The molecule has 1 rings (SSSR count). The van der Waals surface area contributed by atoms with Gasteiger partial charge in [-0.05, 0) is 45.0 Å². The van der Waals surface area contributed by atoms with E-state index in [2.05, 4.69) is 5.32 Å². The number of ether oxygens (including phenoxy) is 1. The van der Waals surface area contributed by atoms with Gasteiger partial charge in [0.2, 0.25) is 0 Å². The van der Waals surface area contributed by atoms with E-state index in [1.165, 1.54) is 13.0 Å². The molecule has 4 nitrogen and oxygen atoms in total. The van der Waals surface area contributed by atoms with Crippen molar-refractivity contribution in [2.45, 2.75) is 20.8 Å². The average Bonchev–Trinajstić information content (AvgIpc) is 2.29. The maximum absolute atomic E-state index is 11.2. The van der Waals surface area contributed by atoms with E-state index in [1.54, 1.807) is 38.1 Å². The first kappa shape index (κ1) is 14.0. The van der Waals surface area contributed by atoms with E-state index >= 15 is 0 Å². The van der Waals surface area contributed by atoms with Crippen molar-refractivity contribution in [1.29, 1.82) is 0 Å². The minimum absolute atomic E-state index is 0.0281. The van der Waals surface area contributed by atoms with Crippen LogP contribution in [0.4, 0.5) is 5.69 Å². The average molecular weight is 247 g/mol. The topological polar surface area (TPSA) is 55.4 Å². The lowest BCUT2D eigenvalue weighted by Gasteiger charge is -2.07. The van der Waals surface area contributed by atoms with Gasteiger partial charge in [0, 0.05) is 23.0 Å². The molecule has 18 heavy (non-hydrogen) atoms. The van der Waals surface area contributed by atoms with Gasteiger partial charge >= 0.3 is 5.97 Å². The van der Waals surface area contributed by atoms with Crippen LogP contribution in [0.3, 0.4) is 0 Å². The molecule has 0 aromatic heterocycles. The highest BCUT2D eigenvalue weighted by atomic mass is 16.5. The van der Waals surface area contributed by atoms with Crippen molar-refractivity contribution in [2.75, 3.05) is 11.9 Å². The molecule has 0 fully saturated rings. The molecule has 0 aliphatic carbocycles. The van der Waals surface area contributed by atoms with Crippen molar-refractivity contribution in [3.8, 4) is 0 Å². The number of carbonyl (C=O) groups excluding carboxylic acids is 2. The predicted molar refractivity (Wildman–Crippen MR) is 70.5 cm³/mol. The summed E-state index contributed by atoms with van der Waals surface area (Å²) < 4.78 is 4.80. The van der Waals surface area contributed by atoms with Crippen molar-refractivity contribution < 1.29 is 14.3 Å². The Labute approximate surface area is 107 Å². The number of allylic oxidation sites excluding steroid dienone is 1. The zero-order chi connectivity index (χ0) is 13.5. The Morgan fingerprint density at radius 2 is 1.83 bits per heavy atom. The molecule has 0 saturated heterocycles. The SMILES string of the molecule is CCOC(=O)/C=C(/C)Nc1ccc(C(C)=O)cc1. The standard InChI is InChI=1S/C14H17NO3/c1-4-18-14(17)9-10(2)15-13-7-5-12(6-8-13)11(3)16/h5-9,15H,4H2,1-3H3/b10-9-. The first-order chi connectivity index (χ1) is 8.52. The predicted octanol–water partition coefficient (Wildman–Crippen LogP) is 2.77. The lowest BCUT2D eigenvalue weighted by atomic mass is 10.1. The highest BCUT2D eigenvalue weighted by Gasteiger charge is 2.01. The van der Waals surface area contributed by atoms with Crippen LogP contribution in [0.5, 0.6) is 0 Å². The molecule has 4 heteroatoms. The molecule has 1 aromatic carbocycles. The second kappa shape index (κ2) is 6.59. The minimum atomic E-state index is -0.372. The van der Waals surface area contributed by atoms with Gasteiger partial charge in [0.15, 0.2) is 5.78 Å². The number of benzene rings is 1. The van der Waals surface area contributed by atoms with E-state index in [0.717, 1.165) is 5.69 Å². The summed E-state index contributed by atoms with van der Waals surface area (Å²) in [7, 11) is 0. The van der Waals surface area contributed by atoms with E-state index in [-0.39, 0.29) is 11.8 Å². The number of Topliss-reactive ketones (excluding diaryl/α,β-unsaturated/α-hetero) is 1. The summed E-state index contributed by atoms with van der Waals surface area (Å²) in [5.74, 6) is -0.344. The number of hydrogen-bond donors (Lipinski definition) is 1. The quantitative estimate of drug-likeness (QED) is 0.494. The van der Waals surface area contributed by atoms with E-state index in [4.69, 9.17) is 4.74 Å². The fourth-order valence-corrected chi connectivity index (χ4v) is 1.41. The Morgan fingerprint density at radius 1 is 1.22 bits per heavy atom. The van der Waals surface area contributed by atoms with Gasteiger partial charge in [0.1, 0.15) is 0 Å². The maximum atomic E-state index is 11.2. The van der Waals surface area contributed by atoms with Gasteiger partial charge in [-0.25, -0.2) is 4.79 Å². The number of anilines is 1. The summed E-state index contributed by atoms with van der Waals surface area (Å²) in [4.78, 5) is 22.3. The summed E-state index contributed by atoms with van der Waals surface area (Å²) in [5, 5.41) is 3.05. The third-order valence-electron chi connectivity index (χ3n) is 2.25. The Balaban J connectivity index is 2.67. The summed E-state index contributed by atoms with van der Waals surface area (Å²) in [6.07, 6.45) is 1.39. The van der Waals surface area contributed by atoms with Gasteiger partial charge in [-0.15, -0.1) is 0 Å². The molecule has 0 unspecified atom stereocenters. The third kappa shape index (κ3) is 4.41. The Morgan fingerprint density at radius 3 is 2.33 bits per heavy atom. The highest BCUT2D eigenvalue weighted by molar-refractivity contribution is 5.94. The molecule has 0 radical (unpaired) electrons. The van der Waals surface area contributed by atoms with Crippen LogP contribution < -0.4 is 5.32 Å². The Bertz CT molecular complexity index is 460. The summed E-state index contributed by atoms with van der Waals surface area (Å²) >= 11 is 0. The van der Waals surface area contributed by atoms with Crippen molar-refractivity contribution in [1.82, 2.24) is 0 Å². The van der Waals surface area contributed by atoms with Crippen molar-refractivity contribution in [3.05, 3.63) is 41.6 Å². The molecule has 0 aliphatic rings. The first-order valence-corrected chi connectivity index (χ1v) is 5.76. The number of hydrogen-bond acceptors (Lipinski definition) is 4. The monoisotopic (exact) mass is 247 g/mol. The molecular formula is C14H17NO3. The van der Waals surface area contributed by atoms with Crippen LogP contribution in [-0.2, 0) is 9.53 Å². The number of nitrogens with one attached hydrogen (secondary N) is 1. The van der Waals surface area contributed by atoms with Crippen LogP contribution in [0.15, 0.2) is 36.0 Å². The van der Waals surface area contributed by atoms with Gasteiger partial charge in [0.05, 0.1) is 6.61 Å². The molecule has 1 aromatic rings.